The van der Waals surface area contributed by atoms with Crippen molar-refractivity contribution in [2.24, 2.45) is 0 Å². The largest absolute Gasteiger partial charge is 0.349 e. The average molecular weight is 344 g/mol. The summed E-state index contributed by atoms with van der Waals surface area (Å²) in [5.74, 6) is 0.0144. The van der Waals surface area contributed by atoms with Gasteiger partial charge in [0.15, 0.2) is 0 Å². The first-order valence-electron chi connectivity index (χ1n) is 9.40. The van der Waals surface area contributed by atoms with Gasteiger partial charge in [-0.3, -0.25) is 4.79 Å². The summed E-state index contributed by atoms with van der Waals surface area (Å²) >= 11 is 0. The molecule has 1 heterocycles. The molecule has 1 aliphatic rings. The Morgan fingerprint density at radius 2 is 1.77 bits per heavy atom. The molecule has 0 spiro atoms. The molecule has 2 aromatic carbocycles. The molecule has 1 saturated carbocycles. The highest BCUT2D eigenvalue weighted by molar-refractivity contribution is 6.07. The minimum atomic E-state index is 0.0144. The van der Waals surface area contributed by atoms with Crippen LogP contribution in [0, 0.1) is 13.8 Å². The third kappa shape index (κ3) is 3.22. The Balaban J connectivity index is 1.79. The topological polar surface area (TPSA) is 42.0 Å². The summed E-state index contributed by atoms with van der Waals surface area (Å²) in [6.07, 6.45) is 4.57. The molecule has 0 bridgehead atoms. The van der Waals surface area contributed by atoms with E-state index < -0.39 is 0 Å². The molecule has 0 saturated heterocycles. The van der Waals surface area contributed by atoms with Gasteiger partial charge in [0.2, 0.25) is 0 Å². The Labute approximate surface area is 154 Å². The molecular formula is C23H24N2O. The number of fused-ring (bicyclic) bond motifs is 1. The van der Waals surface area contributed by atoms with Crippen LogP contribution < -0.4 is 5.32 Å². The van der Waals surface area contributed by atoms with Gasteiger partial charge in [-0.1, -0.05) is 43.2 Å². The van der Waals surface area contributed by atoms with E-state index in [1.54, 1.807) is 0 Å². The van der Waals surface area contributed by atoms with E-state index in [2.05, 4.69) is 37.4 Å². The summed E-state index contributed by atoms with van der Waals surface area (Å²) < 4.78 is 0. The molecule has 1 aromatic heterocycles. The number of rotatable bonds is 3. The molecule has 1 amide bonds. The highest BCUT2D eigenvalue weighted by Crippen LogP contribution is 2.27. The number of para-hydroxylation sites is 1. The van der Waals surface area contributed by atoms with E-state index in [0.29, 0.717) is 6.04 Å². The van der Waals surface area contributed by atoms with Crippen molar-refractivity contribution in [3.8, 4) is 11.3 Å². The van der Waals surface area contributed by atoms with Gasteiger partial charge in [0.1, 0.15) is 0 Å². The number of nitrogens with one attached hydrogen (secondary N) is 1. The second kappa shape index (κ2) is 6.91. The van der Waals surface area contributed by atoms with Gasteiger partial charge in [0, 0.05) is 17.0 Å². The van der Waals surface area contributed by atoms with Crippen LogP contribution in [-0.2, 0) is 0 Å². The number of aryl methyl sites for hydroxylation is 2. The first-order valence-corrected chi connectivity index (χ1v) is 9.40. The smallest absolute Gasteiger partial charge is 0.252 e. The predicted octanol–water partition coefficient (Wildman–Crippen LogP) is 5.19. The number of pyridine rings is 1. The van der Waals surface area contributed by atoms with Gasteiger partial charge in [-0.15, -0.1) is 0 Å². The number of carbonyl (C=O) groups excluding carboxylic acids is 1. The Morgan fingerprint density at radius 3 is 2.54 bits per heavy atom. The Kier molecular flexibility index (Phi) is 4.46. The lowest BCUT2D eigenvalue weighted by molar-refractivity contribution is 0.0939. The first-order chi connectivity index (χ1) is 12.6. The molecule has 132 valence electrons. The summed E-state index contributed by atoms with van der Waals surface area (Å²) in [6.45, 7) is 4.21. The van der Waals surface area contributed by atoms with Gasteiger partial charge < -0.3 is 5.32 Å². The van der Waals surface area contributed by atoms with Crippen LogP contribution >= 0.6 is 0 Å². The molecule has 3 nitrogen and oxygen atoms in total. The second-order valence-corrected chi connectivity index (χ2v) is 7.33. The summed E-state index contributed by atoms with van der Waals surface area (Å²) in [4.78, 5) is 17.8. The molecule has 0 radical (unpaired) electrons. The quantitative estimate of drug-likeness (QED) is 0.710. The Bertz CT molecular complexity index is 971. The first kappa shape index (κ1) is 16.8. The lowest BCUT2D eigenvalue weighted by atomic mass is 10.0. The fourth-order valence-corrected chi connectivity index (χ4v) is 3.75. The van der Waals surface area contributed by atoms with Gasteiger partial charge in [-0.05, 0) is 56.0 Å². The molecule has 0 aliphatic heterocycles. The molecular weight excluding hydrogens is 320 g/mol. The zero-order valence-electron chi connectivity index (χ0n) is 15.4. The maximum absolute atomic E-state index is 13.0. The summed E-state index contributed by atoms with van der Waals surface area (Å²) in [7, 11) is 0. The van der Waals surface area contributed by atoms with Crippen molar-refractivity contribution < 1.29 is 4.79 Å². The van der Waals surface area contributed by atoms with Crippen LogP contribution in [0.1, 0.15) is 47.2 Å². The van der Waals surface area contributed by atoms with E-state index in [1.807, 2.05) is 30.3 Å². The maximum atomic E-state index is 13.0. The van der Waals surface area contributed by atoms with Crippen LogP contribution in [0.25, 0.3) is 22.2 Å². The van der Waals surface area contributed by atoms with E-state index in [9.17, 15) is 4.79 Å². The van der Waals surface area contributed by atoms with Crippen LogP contribution in [0.5, 0.6) is 0 Å². The molecule has 0 unspecified atom stereocenters. The average Bonchev–Trinajstić information content (AvgIpc) is 3.16. The van der Waals surface area contributed by atoms with Crippen molar-refractivity contribution in [2.75, 3.05) is 0 Å². The third-order valence-corrected chi connectivity index (χ3v) is 5.45. The van der Waals surface area contributed by atoms with Crippen molar-refractivity contribution in [2.45, 2.75) is 45.6 Å². The van der Waals surface area contributed by atoms with E-state index in [-0.39, 0.29) is 5.91 Å². The number of nitrogens with zero attached hydrogens (tertiary/aromatic N) is 1. The van der Waals surface area contributed by atoms with Gasteiger partial charge in [-0.25, -0.2) is 4.98 Å². The van der Waals surface area contributed by atoms with Crippen LogP contribution in [0.15, 0.2) is 48.5 Å². The van der Waals surface area contributed by atoms with Crippen molar-refractivity contribution >= 4 is 16.8 Å². The number of hydrogen-bond donors (Lipinski definition) is 1. The van der Waals surface area contributed by atoms with Crippen LogP contribution in [-0.4, -0.2) is 16.9 Å². The lowest BCUT2D eigenvalue weighted by Gasteiger charge is -2.14. The normalized spacial score (nSPS) is 14.7. The summed E-state index contributed by atoms with van der Waals surface area (Å²) in [6, 6.07) is 16.5. The van der Waals surface area contributed by atoms with Crippen molar-refractivity contribution in [3.05, 3.63) is 65.2 Å². The van der Waals surface area contributed by atoms with Crippen LogP contribution in [0.3, 0.4) is 0 Å². The Hall–Kier alpha value is -2.68. The SMILES string of the molecule is Cc1ccc(-c2cc(C(=O)NC3CCCC3)c3ccccc3n2)cc1C. The summed E-state index contributed by atoms with van der Waals surface area (Å²) in [5, 5.41) is 4.13. The highest BCUT2D eigenvalue weighted by Gasteiger charge is 2.20. The van der Waals surface area contributed by atoms with Crippen LogP contribution in [0.2, 0.25) is 0 Å². The minimum Gasteiger partial charge on any atom is -0.349 e. The molecule has 26 heavy (non-hydrogen) atoms. The third-order valence-electron chi connectivity index (χ3n) is 5.45. The highest BCUT2D eigenvalue weighted by atomic mass is 16.1. The number of hydrogen-bond acceptors (Lipinski definition) is 2. The molecule has 1 fully saturated rings. The molecule has 3 aromatic rings. The zero-order chi connectivity index (χ0) is 18.1. The minimum absolute atomic E-state index is 0.0144. The van der Waals surface area contributed by atoms with Crippen LogP contribution in [0.4, 0.5) is 0 Å². The predicted molar refractivity (Wildman–Crippen MR) is 106 cm³/mol. The van der Waals surface area contributed by atoms with Gasteiger partial charge in [0.25, 0.3) is 5.91 Å². The van der Waals surface area contributed by atoms with E-state index in [0.717, 1.165) is 40.6 Å². The van der Waals surface area contributed by atoms with E-state index in [4.69, 9.17) is 4.98 Å². The van der Waals surface area contributed by atoms with Crippen molar-refractivity contribution in [1.82, 2.24) is 10.3 Å². The second-order valence-electron chi connectivity index (χ2n) is 7.33. The maximum Gasteiger partial charge on any atom is 0.252 e. The van der Waals surface area contributed by atoms with Gasteiger partial charge in [-0.2, -0.15) is 0 Å². The number of benzene rings is 2. The standard InChI is InChI=1S/C23H24N2O/c1-15-11-12-17(13-16(15)2)22-14-20(19-9-5-6-10-21(19)25-22)23(26)24-18-7-3-4-8-18/h5-6,9-14,18H,3-4,7-8H2,1-2H3,(H,24,26). The number of aromatic nitrogens is 1. The van der Waals surface area contributed by atoms with Crippen molar-refractivity contribution in [3.63, 3.8) is 0 Å². The van der Waals surface area contributed by atoms with Gasteiger partial charge >= 0.3 is 0 Å². The number of amides is 1. The molecule has 4 rings (SSSR count). The van der Waals surface area contributed by atoms with Gasteiger partial charge in [0.05, 0.1) is 16.8 Å². The fraction of sp³-hybridized carbons (Fsp3) is 0.304. The summed E-state index contributed by atoms with van der Waals surface area (Å²) in [5.41, 5.74) is 5.97. The molecule has 1 aliphatic carbocycles. The number of carbonyl (C=O) groups is 1. The van der Waals surface area contributed by atoms with Crippen molar-refractivity contribution in [1.29, 1.82) is 0 Å². The van der Waals surface area contributed by atoms with E-state index in [1.165, 1.54) is 24.0 Å². The lowest BCUT2D eigenvalue weighted by Crippen LogP contribution is -2.32. The fourth-order valence-electron chi connectivity index (χ4n) is 3.75. The monoisotopic (exact) mass is 344 g/mol. The molecule has 3 heteroatoms. The van der Waals surface area contributed by atoms with E-state index >= 15 is 0 Å². The molecule has 0 atom stereocenters. The zero-order valence-corrected chi connectivity index (χ0v) is 15.4. The Morgan fingerprint density at radius 1 is 1.00 bits per heavy atom. The molecule has 1 N–H and O–H groups in total.